The molecule has 0 spiro atoms. The molecule has 1 unspecified atom stereocenters. The van der Waals surface area contributed by atoms with Gasteiger partial charge in [0.2, 0.25) is 15.9 Å². The maximum absolute atomic E-state index is 11.9. The van der Waals surface area contributed by atoms with Crippen molar-refractivity contribution in [1.82, 2.24) is 9.62 Å². The summed E-state index contributed by atoms with van der Waals surface area (Å²) in [5, 5.41) is 9.31. The number of hydrogen-bond donors (Lipinski definition) is 2. The summed E-state index contributed by atoms with van der Waals surface area (Å²) in [7, 11) is -3.38. The molecule has 0 aromatic carbocycles. The van der Waals surface area contributed by atoms with E-state index >= 15 is 0 Å². The molecule has 100 valence electrons. The average Bonchev–Trinajstić information content (AvgIpc) is 2.62. The molecule has 0 saturated carbocycles. The Kier molecular flexibility index (Phi) is 4.91. The van der Waals surface area contributed by atoms with Crippen molar-refractivity contribution in [2.24, 2.45) is 0 Å². The van der Waals surface area contributed by atoms with Gasteiger partial charge in [-0.25, -0.2) is 13.1 Å². The summed E-state index contributed by atoms with van der Waals surface area (Å²) in [5.74, 6) is -0.256. The summed E-state index contributed by atoms with van der Waals surface area (Å²) >= 11 is 0. The fourth-order valence-electron chi connectivity index (χ4n) is 1.86. The Hall–Kier alpha value is -0.660. The van der Waals surface area contributed by atoms with E-state index in [-0.39, 0.29) is 11.7 Å². The summed E-state index contributed by atoms with van der Waals surface area (Å²) in [4.78, 5) is 13.4. The summed E-state index contributed by atoms with van der Waals surface area (Å²) in [5.41, 5.74) is 0. The summed E-state index contributed by atoms with van der Waals surface area (Å²) in [6, 6.07) is -0.767. The molecule has 2 N–H and O–H groups in total. The molecule has 7 heteroatoms. The number of carbonyl (C=O) groups is 1. The molecule has 1 fully saturated rings. The first-order valence-electron chi connectivity index (χ1n) is 5.82. The van der Waals surface area contributed by atoms with Crippen molar-refractivity contribution in [3.8, 4) is 0 Å². The molecule has 0 aromatic heterocycles. The third-order valence-electron chi connectivity index (χ3n) is 2.67. The number of aliphatic hydroxyl groups excluding tert-OH is 1. The molecule has 1 saturated heterocycles. The van der Waals surface area contributed by atoms with Gasteiger partial charge >= 0.3 is 0 Å². The second-order valence-corrected chi connectivity index (χ2v) is 6.26. The smallest absolute Gasteiger partial charge is 0.240 e. The molecule has 2 atom stereocenters. The number of hydrogen-bond acceptors (Lipinski definition) is 4. The van der Waals surface area contributed by atoms with E-state index in [1.165, 1.54) is 11.8 Å². The molecule has 6 nitrogen and oxygen atoms in total. The van der Waals surface area contributed by atoms with E-state index in [9.17, 15) is 18.3 Å². The quantitative estimate of drug-likeness (QED) is 0.687. The highest BCUT2D eigenvalue weighted by molar-refractivity contribution is 7.89. The van der Waals surface area contributed by atoms with Crippen LogP contribution in [0.4, 0.5) is 0 Å². The minimum atomic E-state index is -3.38. The molecule has 1 heterocycles. The largest absolute Gasteiger partial charge is 0.391 e. The Morgan fingerprint density at radius 1 is 1.59 bits per heavy atom. The van der Waals surface area contributed by atoms with Gasteiger partial charge in [-0.2, -0.15) is 0 Å². The Labute approximate surface area is 102 Å². The second-order valence-electron chi connectivity index (χ2n) is 4.39. The first-order valence-corrected chi connectivity index (χ1v) is 7.48. The molecule has 17 heavy (non-hydrogen) atoms. The van der Waals surface area contributed by atoms with Gasteiger partial charge in [-0.15, -0.1) is 0 Å². The van der Waals surface area contributed by atoms with E-state index in [4.69, 9.17) is 0 Å². The fraction of sp³-hybridized carbons (Fsp3) is 0.900. The number of aliphatic hydroxyl groups is 1. The van der Waals surface area contributed by atoms with Crippen LogP contribution in [0.2, 0.25) is 0 Å². The first-order chi connectivity index (χ1) is 7.85. The highest BCUT2D eigenvalue weighted by Gasteiger charge is 2.29. The Bertz CT molecular complexity index is 369. The van der Waals surface area contributed by atoms with E-state index in [2.05, 4.69) is 4.72 Å². The standard InChI is InChI=1S/C10H20N2O4S/c1-3-6-17(15,16)11-8(2)10(14)12-5-4-9(13)7-12/h8-9,11,13H,3-7H2,1-2H3/t8?,9-/m0/s1. The molecule has 0 radical (unpaired) electrons. The molecule has 1 amide bonds. The third-order valence-corrected chi connectivity index (χ3v) is 4.33. The van der Waals surface area contributed by atoms with Gasteiger partial charge in [0.05, 0.1) is 17.9 Å². The highest BCUT2D eigenvalue weighted by atomic mass is 32.2. The highest BCUT2D eigenvalue weighted by Crippen LogP contribution is 2.10. The van der Waals surface area contributed by atoms with Crippen LogP contribution < -0.4 is 4.72 Å². The van der Waals surface area contributed by atoms with Crippen molar-refractivity contribution in [1.29, 1.82) is 0 Å². The molecule has 0 aromatic rings. The van der Waals surface area contributed by atoms with Gasteiger partial charge in [0.1, 0.15) is 0 Å². The van der Waals surface area contributed by atoms with Crippen molar-refractivity contribution >= 4 is 15.9 Å². The van der Waals surface area contributed by atoms with E-state index in [1.54, 1.807) is 6.92 Å². The van der Waals surface area contributed by atoms with Gasteiger partial charge in [0.25, 0.3) is 0 Å². The van der Waals surface area contributed by atoms with Crippen LogP contribution in [0.25, 0.3) is 0 Å². The van der Waals surface area contributed by atoms with Crippen LogP contribution in [-0.2, 0) is 14.8 Å². The Morgan fingerprint density at radius 3 is 2.71 bits per heavy atom. The van der Waals surface area contributed by atoms with Crippen LogP contribution in [-0.4, -0.2) is 55.3 Å². The number of rotatable bonds is 5. The summed E-state index contributed by atoms with van der Waals surface area (Å²) < 4.78 is 25.3. The molecule has 0 bridgehead atoms. The predicted octanol–water partition coefficient (Wildman–Crippen LogP) is -0.702. The van der Waals surface area contributed by atoms with Crippen LogP contribution in [0.5, 0.6) is 0 Å². The lowest BCUT2D eigenvalue weighted by atomic mass is 10.3. The number of sulfonamides is 1. The van der Waals surface area contributed by atoms with Crippen molar-refractivity contribution < 1.29 is 18.3 Å². The average molecular weight is 264 g/mol. The van der Waals surface area contributed by atoms with Crippen LogP contribution >= 0.6 is 0 Å². The number of β-amino-alcohol motifs (C(OH)–C–C–N with tert-alkyl or cyclic N) is 1. The monoisotopic (exact) mass is 264 g/mol. The molecule has 1 rings (SSSR count). The van der Waals surface area contributed by atoms with Gasteiger partial charge in [0.15, 0.2) is 0 Å². The summed E-state index contributed by atoms with van der Waals surface area (Å²) in [6.45, 7) is 4.07. The number of likely N-dealkylation sites (tertiary alicyclic amines) is 1. The van der Waals surface area contributed by atoms with Gasteiger partial charge in [0, 0.05) is 13.1 Å². The third kappa shape index (κ3) is 4.25. The van der Waals surface area contributed by atoms with Crippen LogP contribution in [0.1, 0.15) is 26.7 Å². The van der Waals surface area contributed by atoms with Crippen molar-refractivity contribution in [3.63, 3.8) is 0 Å². The molecule has 1 aliphatic rings. The number of nitrogens with zero attached hydrogens (tertiary/aromatic N) is 1. The first kappa shape index (κ1) is 14.4. The molecular weight excluding hydrogens is 244 g/mol. The van der Waals surface area contributed by atoms with E-state index < -0.39 is 22.2 Å². The topological polar surface area (TPSA) is 86.7 Å². The molecule has 1 aliphatic heterocycles. The lowest BCUT2D eigenvalue weighted by molar-refractivity contribution is -0.131. The van der Waals surface area contributed by atoms with E-state index in [0.29, 0.717) is 25.9 Å². The lowest BCUT2D eigenvalue weighted by Crippen LogP contribution is -2.46. The van der Waals surface area contributed by atoms with Crippen molar-refractivity contribution in [3.05, 3.63) is 0 Å². The van der Waals surface area contributed by atoms with Crippen molar-refractivity contribution in [2.45, 2.75) is 38.8 Å². The maximum Gasteiger partial charge on any atom is 0.240 e. The number of nitrogens with one attached hydrogen (secondary N) is 1. The minimum Gasteiger partial charge on any atom is -0.391 e. The van der Waals surface area contributed by atoms with Gasteiger partial charge in [-0.05, 0) is 19.8 Å². The van der Waals surface area contributed by atoms with Gasteiger partial charge in [-0.1, -0.05) is 6.92 Å². The maximum atomic E-state index is 11.9. The molecular formula is C10H20N2O4S. The Morgan fingerprint density at radius 2 is 2.24 bits per heavy atom. The molecule has 0 aliphatic carbocycles. The fourth-order valence-corrected chi connectivity index (χ4v) is 3.16. The van der Waals surface area contributed by atoms with Gasteiger partial charge in [-0.3, -0.25) is 4.79 Å². The minimum absolute atomic E-state index is 0.0211. The zero-order valence-electron chi connectivity index (χ0n) is 10.2. The van der Waals surface area contributed by atoms with E-state index in [1.807, 2.05) is 0 Å². The zero-order valence-corrected chi connectivity index (χ0v) is 11.0. The zero-order chi connectivity index (χ0) is 13.1. The SMILES string of the molecule is CCCS(=O)(=O)NC(C)C(=O)N1CC[C@H](O)C1. The van der Waals surface area contributed by atoms with Crippen LogP contribution in [0, 0.1) is 0 Å². The number of amides is 1. The predicted molar refractivity (Wildman–Crippen MR) is 63.9 cm³/mol. The van der Waals surface area contributed by atoms with Crippen LogP contribution in [0.3, 0.4) is 0 Å². The lowest BCUT2D eigenvalue weighted by Gasteiger charge is -2.21. The number of carbonyl (C=O) groups excluding carboxylic acids is 1. The summed E-state index contributed by atoms with van der Waals surface area (Å²) in [6.07, 6.45) is 0.581. The van der Waals surface area contributed by atoms with Crippen LogP contribution in [0.15, 0.2) is 0 Å². The normalized spacial score (nSPS) is 22.8. The second kappa shape index (κ2) is 5.79. The Balaban J connectivity index is 2.53. The van der Waals surface area contributed by atoms with Gasteiger partial charge < -0.3 is 10.0 Å². The van der Waals surface area contributed by atoms with Crippen molar-refractivity contribution in [2.75, 3.05) is 18.8 Å². The van der Waals surface area contributed by atoms with E-state index in [0.717, 1.165) is 0 Å².